The third-order valence-electron chi connectivity index (χ3n) is 15.1. The Hall–Kier alpha value is -7.42. The fraction of sp³-hybridized carbons (Fsp3) is 0.129. The van der Waals surface area contributed by atoms with Gasteiger partial charge >= 0.3 is 0 Å². The summed E-state index contributed by atoms with van der Waals surface area (Å²) in [6.45, 7) is 2.46. The first-order valence-electron chi connectivity index (χ1n) is 23.1. The highest BCUT2D eigenvalue weighted by Gasteiger charge is 2.59. The zero-order chi connectivity index (χ0) is 42.4. The minimum atomic E-state index is -0.240. The summed E-state index contributed by atoms with van der Waals surface area (Å²) in [6, 6.07) is 65.7. The zero-order valence-electron chi connectivity index (χ0n) is 36.0. The Bertz CT molecular complexity index is 3290. The Balaban J connectivity index is 0.936. The molecule has 2 nitrogen and oxygen atoms in total. The highest BCUT2D eigenvalue weighted by Crippen LogP contribution is 2.67. The largest absolute Gasteiger partial charge is 0.310 e. The predicted molar refractivity (Wildman–Crippen MR) is 267 cm³/mol. The van der Waals surface area contributed by atoms with Crippen LogP contribution in [0.5, 0.6) is 0 Å². The molecule has 5 aliphatic carbocycles. The van der Waals surface area contributed by atoms with Crippen LogP contribution in [-0.2, 0) is 11.8 Å². The molecular formula is C62H48N2. The molecule has 4 unspecified atom stereocenters. The van der Waals surface area contributed by atoms with Gasteiger partial charge < -0.3 is 9.47 Å². The molecule has 64 heavy (non-hydrogen) atoms. The second kappa shape index (κ2) is 14.6. The Morgan fingerprint density at radius 2 is 1.28 bits per heavy atom. The van der Waals surface area contributed by atoms with Crippen LogP contribution >= 0.6 is 0 Å². The van der Waals surface area contributed by atoms with Gasteiger partial charge in [-0.05, 0) is 135 Å². The van der Waals surface area contributed by atoms with Crippen molar-refractivity contribution in [3.8, 4) is 16.8 Å². The quantitative estimate of drug-likeness (QED) is 0.162. The van der Waals surface area contributed by atoms with Crippen molar-refractivity contribution in [1.29, 1.82) is 0 Å². The molecule has 1 spiro atoms. The lowest BCUT2D eigenvalue weighted by Crippen LogP contribution is -2.36. The van der Waals surface area contributed by atoms with E-state index in [-0.39, 0.29) is 11.3 Å². The number of hydrogen-bond acceptors (Lipinski definition) is 1. The van der Waals surface area contributed by atoms with Crippen molar-refractivity contribution in [3.63, 3.8) is 0 Å². The van der Waals surface area contributed by atoms with Crippen LogP contribution in [0.25, 0.3) is 39.4 Å². The monoisotopic (exact) mass is 820 g/mol. The molecule has 0 radical (unpaired) electrons. The summed E-state index contributed by atoms with van der Waals surface area (Å²) in [6.07, 6.45) is 21.2. The summed E-state index contributed by atoms with van der Waals surface area (Å²) >= 11 is 0. The van der Waals surface area contributed by atoms with E-state index in [1.807, 2.05) is 0 Å². The number of aromatic nitrogens is 1. The first-order chi connectivity index (χ1) is 31.7. The number of hydrogen-bond donors (Lipinski definition) is 0. The summed E-state index contributed by atoms with van der Waals surface area (Å²) in [5, 5.41) is 1.34. The molecule has 8 aromatic rings. The SMILES string of the molecule is CC1CC=CC2=C1[C@@]1(c3ccccc32)c2cc(N(c3ccc(-c4ccccc4)cc3)c3ccc(C4C=Cc5c(c6ccccc6n5-c5ccccc5)C4)cc3)ccc2C2C=CC=CC21. The van der Waals surface area contributed by atoms with Crippen molar-refractivity contribution in [1.82, 2.24) is 4.57 Å². The van der Waals surface area contributed by atoms with Gasteiger partial charge in [0.25, 0.3) is 0 Å². The maximum Gasteiger partial charge on any atom is 0.0537 e. The Morgan fingerprint density at radius 3 is 2.11 bits per heavy atom. The Kier molecular flexibility index (Phi) is 8.46. The standard InChI is InChI=1S/C62H48N2/c1-41-15-14-23-54-51-21-9-12-25-57(51)62(61(41)54)56-24-11-8-20-50(56)52-37-36-49(40-58(52)62)63(47-32-27-43(28-33-47)42-16-4-2-5-17-42)48-34-29-44(30-35-48)45-31-38-60-55(39-45)53-22-10-13-26-59(53)64(60)46-18-6-3-7-19-46/h2-14,16-38,40-41,45,50,56H,15,39H2,1H3/t41?,45?,50?,56?,62-/m0/s1. The van der Waals surface area contributed by atoms with Crippen LogP contribution in [0.1, 0.15) is 64.3 Å². The molecule has 1 aromatic heterocycles. The molecule has 0 bridgehead atoms. The van der Waals surface area contributed by atoms with Crippen molar-refractivity contribution >= 4 is 39.6 Å². The number of allylic oxidation sites excluding steroid dienone is 9. The van der Waals surface area contributed by atoms with Crippen LogP contribution < -0.4 is 4.90 Å². The highest BCUT2D eigenvalue weighted by molar-refractivity contribution is 5.93. The molecule has 0 saturated heterocycles. The lowest BCUT2D eigenvalue weighted by atomic mass is 9.61. The van der Waals surface area contributed by atoms with E-state index < -0.39 is 0 Å². The van der Waals surface area contributed by atoms with E-state index in [0.717, 1.165) is 24.2 Å². The van der Waals surface area contributed by atoms with E-state index in [4.69, 9.17) is 0 Å². The van der Waals surface area contributed by atoms with Gasteiger partial charge in [-0.25, -0.2) is 0 Å². The summed E-state index contributed by atoms with van der Waals surface area (Å²) in [7, 11) is 0. The molecule has 1 heterocycles. The summed E-state index contributed by atoms with van der Waals surface area (Å²) in [5.41, 5.74) is 21.0. The first-order valence-corrected chi connectivity index (χ1v) is 23.1. The van der Waals surface area contributed by atoms with Gasteiger partial charge in [-0.1, -0.05) is 171 Å². The Labute approximate surface area is 376 Å². The number of nitrogens with zero attached hydrogens (tertiary/aromatic N) is 2. The fourth-order valence-electron chi connectivity index (χ4n) is 12.4. The molecule has 0 amide bonds. The molecule has 13 rings (SSSR count). The normalized spacial score (nSPS) is 22.1. The van der Waals surface area contributed by atoms with Crippen molar-refractivity contribution in [2.75, 3.05) is 4.90 Å². The minimum absolute atomic E-state index is 0.240. The van der Waals surface area contributed by atoms with Crippen LogP contribution in [0.4, 0.5) is 17.1 Å². The van der Waals surface area contributed by atoms with E-state index in [1.54, 1.807) is 5.57 Å². The summed E-state index contributed by atoms with van der Waals surface area (Å²) in [5.74, 6) is 1.34. The van der Waals surface area contributed by atoms with E-state index in [1.165, 1.54) is 78.1 Å². The number of anilines is 3. The van der Waals surface area contributed by atoms with Gasteiger partial charge in [0.1, 0.15) is 0 Å². The van der Waals surface area contributed by atoms with E-state index in [2.05, 4.69) is 241 Å². The number of para-hydroxylation sites is 2. The molecule has 7 aromatic carbocycles. The van der Waals surface area contributed by atoms with Gasteiger partial charge in [0.05, 0.1) is 10.9 Å². The van der Waals surface area contributed by atoms with Crippen molar-refractivity contribution in [2.45, 2.75) is 37.0 Å². The molecule has 5 atom stereocenters. The average Bonchev–Trinajstić information content (AvgIpc) is 3.97. The van der Waals surface area contributed by atoms with Gasteiger partial charge in [0, 0.05) is 51.6 Å². The number of benzene rings is 7. The van der Waals surface area contributed by atoms with E-state index >= 15 is 0 Å². The summed E-state index contributed by atoms with van der Waals surface area (Å²) in [4.78, 5) is 2.49. The summed E-state index contributed by atoms with van der Waals surface area (Å²) < 4.78 is 2.43. The van der Waals surface area contributed by atoms with Crippen molar-refractivity contribution < 1.29 is 0 Å². The lowest BCUT2D eigenvalue weighted by molar-refractivity contribution is 0.417. The maximum atomic E-state index is 2.57. The van der Waals surface area contributed by atoms with Crippen molar-refractivity contribution in [3.05, 3.63) is 263 Å². The second-order valence-corrected chi connectivity index (χ2v) is 18.4. The van der Waals surface area contributed by atoms with Gasteiger partial charge in [-0.2, -0.15) is 0 Å². The van der Waals surface area contributed by atoms with Crippen LogP contribution in [-0.4, -0.2) is 4.57 Å². The molecular weight excluding hydrogens is 773 g/mol. The lowest BCUT2D eigenvalue weighted by Gasteiger charge is -2.41. The third-order valence-corrected chi connectivity index (χ3v) is 15.1. The minimum Gasteiger partial charge on any atom is -0.310 e. The van der Waals surface area contributed by atoms with Gasteiger partial charge in [-0.15, -0.1) is 0 Å². The smallest absolute Gasteiger partial charge is 0.0537 e. The first kappa shape index (κ1) is 37.2. The maximum absolute atomic E-state index is 2.57. The Morgan fingerprint density at radius 1 is 0.594 bits per heavy atom. The third kappa shape index (κ3) is 5.45. The van der Waals surface area contributed by atoms with Crippen LogP contribution in [0, 0.1) is 11.8 Å². The topological polar surface area (TPSA) is 8.17 Å². The highest BCUT2D eigenvalue weighted by atomic mass is 15.1. The second-order valence-electron chi connectivity index (χ2n) is 18.4. The molecule has 306 valence electrons. The molecule has 0 N–H and O–H groups in total. The molecule has 0 saturated carbocycles. The molecule has 0 fully saturated rings. The van der Waals surface area contributed by atoms with Gasteiger partial charge in [0.15, 0.2) is 0 Å². The van der Waals surface area contributed by atoms with Crippen LogP contribution in [0.3, 0.4) is 0 Å². The molecule has 5 aliphatic rings. The van der Waals surface area contributed by atoms with Gasteiger partial charge in [0.2, 0.25) is 0 Å². The van der Waals surface area contributed by atoms with Crippen LogP contribution in [0.2, 0.25) is 0 Å². The van der Waals surface area contributed by atoms with Crippen molar-refractivity contribution in [2.24, 2.45) is 11.8 Å². The van der Waals surface area contributed by atoms with Gasteiger partial charge in [-0.3, -0.25) is 0 Å². The number of rotatable bonds is 6. The fourth-order valence-corrected chi connectivity index (χ4v) is 12.4. The number of fused-ring (bicyclic) bond motifs is 12. The molecule has 0 aliphatic heterocycles. The zero-order valence-corrected chi connectivity index (χ0v) is 36.0. The molecule has 2 heteroatoms. The predicted octanol–water partition coefficient (Wildman–Crippen LogP) is 15.6. The van der Waals surface area contributed by atoms with Crippen LogP contribution in [0.15, 0.2) is 224 Å². The van der Waals surface area contributed by atoms with E-state index in [0.29, 0.717) is 17.8 Å². The average molecular weight is 821 g/mol. The van der Waals surface area contributed by atoms with E-state index in [9.17, 15) is 0 Å².